The van der Waals surface area contributed by atoms with E-state index in [1.54, 1.807) is 0 Å². The molecule has 90 valence electrons. The quantitative estimate of drug-likeness (QED) is 0.510. The predicted molar refractivity (Wildman–Crippen MR) is 68.2 cm³/mol. The van der Waals surface area contributed by atoms with Gasteiger partial charge in [-0.25, -0.2) is 0 Å². The van der Waals surface area contributed by atoms with Gasteiger partial charge in [0.2, 0.25) is 0 Å². The maximum absolute atomic E-state index is 5.49. The van der Waals surface area contributed by atoms with Crippen LogP contribution in [-0.2, 0) is 11.3 Å². The van der Waals surface area contributed by atoms with Gasteiger partial charge >= 0.3 is 0 Å². The number of nitrogens with one attached hydrogen (secondary N) is 1. The highest BCUT2D eigenvalue weighted by Crippen LogP contribution is 1.99. The Bertz CT molecular complexity index is 248. The third-order valence-corrected chi connectivity index (χ3v) is 2.52. The van der Waals surface area contributed by atoms with E-state index in [0.29, 0.717) is 6.73 Å². The molecule has 0 amide bonds. The molecule has 2 heteroatoms. The normalized spacial score (nSPS) is 10.6. The van der Waals surface area contributed by atoms with Crippen LogP contribution in [0.4, 0.5) is 0 Å². The first-order valence-electron chi connectivity index (χ1n) is 6.26. The number of benzene rings is 1. The topological polar surface area (TPSA) is 21.3 Å². The number of ether oxygens (including phenoxy) is 1. The van der Waals surface area contributed by atoms with E-state index in [1.807, 2.05) is 6.07 Å². The van der Waals surface area contributed by atoms with Crippen LogP contribution in [0.1, 0.15) is 38.2 Å². The van der Waals surface area contributed by atoms with E-state index in [1.165, 1.54) is 31.2 Å². The van der Waals surface area contributed by atoms with Crippen molar-refractivity contribution in [2.24, 2.45) is 0 Å². The van der Waals surface area contributed by atoms with Crippen LogP contribution < -0.4 is 5.32 Å². The van der Waals surface area contributed by atoms with Crippen LogP contribution in [0.25, 0.3) is 0 Å². The summed E-state index contributed by atoms with van der Waals surface area (Å²) in [6.45, 7) is 4.64. The van der Waals surface area contributed by atoms with E-state index >= 15 is 0 Å². The molecule has 16 heavy (non-hydrogen) atoms. The van der Waals surface area contributed by atoms with Gasteiger partial charge in [-0.2, -0.15) is 0 Å². The Morgan fingerprint density at radius 3 is 2.62 bits per heavy atom. The Hall–Kier alpha value is -0.860. The van der Waals surface area contributed by atoms with E-state index in [0.717, 1.165) is 13.2 Å². The zero-order chi connectivity index (χ0) is 11.5. The first kappa shape index (κ1) is 13.2. The van der Waals surface area contributed by atoms with Crippen molar-refractivity contribution in [3.8, 4) is 0 Å². The Kier molecular flexibility index (Phi) is 7.74. The lowest BCUT2D eigenvalue weighted by atomic mass is 10.2. The second-order valence-electron chi connectivity index (χ2n) is 4.03. The van der Waals surface area contributed by atoms with Crippen molar-refractivity contribution in [1.29, 1.82) is 0 Å². The van der Waals surface area contributed by atoms with Gasteiger partial charge in [0, 0.05) is 13.2 Å². The standard InChI is InChI=1S/C14H23NO/c1-2-3-4-8-11-16-13-15-12-14-9-6-5-7-10-14/h5-7,9-10,15H,2-4,8,11-13H2,1H3. The molecule has 0 atom stereocenters. The minimum Gasteiger partial charge on any atom is -0.366 e. The molecule has 1 rings (SSSR count). The molecule has 0 aromatic heterocycles. The zero-order valence-corrected chi connectivity index (χ0v) is 10.2. The van der Waals surface area contributed by atoms with Gasteiger partial charge in [-0.15, -0.1) is 0 Å². The fraction of sp³-hybridized carbons (Fsp3) is 0.571. The molecule has 0 saturated carbocycles. The smallest absolute Gasteiger partial charge is 0.0967 e. The summed E-state index contributed by atoms with van der Waals surface area (Å²) in [4.78, 5) is 0. The maximum Gasteiger partial charge on any atom is 0.0967 e. The first-order chi connectivity index (χ1) is 7.93. The Morgan fingerprint density at radius 2 is 1.88 bits per heavy atom. The van der Waals surface area contributed by atoms with Crippen LogP contribution in [0, 0.1) is 0 Å². The van der Waals surface area contributed by atoms with Crippen LogP contribution in [0.15, 0.2) is 30.3 Å². The lowest BCUT2D eigenvalue weighted by Gasteiger charge is -2.06. The van der Waals surface area contributed by atoms with Crippen LogP contribution >= 0.6 is 0 Å². The molecule has 0 heterocycles. The average Bonchev–Trinajstić information content (AvgIpc) is 2.34. The number of unbranched alkanes of at least 4 members (excludes halogenated alkanes) is 3. The van der Waals surface area contributed by atoms with Crippen LogP contribution in [0.5, 0.6) is 0 Å². The molecular weight excluding hydrogens is 198 g/mol. The van der Waals surface area contributed by atoms with Crippen molar-refractivity contribution in [2.45, 2.75) is 39.2 Å². The molecule has 0 bridgehead atoms. The Morgan fingerprint density at radius 1 is 1.06 bits per heavy atom. The number of rotatable bonds is 9. The first-order valence-corrected chi connectivity index (χ1v) is 6.26. The molecule has 1 N–H and O–H groups in total. The molecule has 0 fully saturated rings. The van der Waals surface area contributed by atoms with E-state index in [-0.39, 0.29) is 0 Å². The summed E-state index contributed by atoms with van der Waals surface area (Å²) in [6.07, 6.45) is 5.07. The second-order valence-corrected chi connectivity index (χ2v) is 4.03. The van der Waals surface area contributed by atoms with Crippen molar-refractivity contribution in [3.05, 3.63) is 35.9 Å². The van der Waals surface area contributed by atoms with Gasteiger partial charge in [-0.3, -0.25) is 5.32 Å². The summed E-state index contributed by atoms with van der Waals surface area (Å²) in [5, 5.41) is 3.27. The van der Waals surface area contributed by atoms with Crippen molar-refractivity contribution < 1.29 is 4.74 Å². The minimum atomic E-state index is 0.654. The van der Waals surface area contributed by atoms with Gasteiger partial charge in [0.15, 0.2) is 0 Å². The molecule has 1 aromatic carbocycles. The molecule has 0 aliphatic heterocycles. The highest BCUT2D eigenvalue weighted by molar-refractivity contribution is 5.14. The average molecular weight is 221 g/mol. The van der Waals surface area contributed by atoms with Crippen LogP contribution in [0.2, 0.25) is 0 Å². The maximum atomic E-state index is 5.49. The van der Waals surface area contributed by atoms with E-state index in [2.05, 4.69) is 36.5 Å². The zero-order valence-electron chi connectivity index (χ0n) is 10.2. The largest absolute Gasteiger partial charge is 0.366 e. The molecule has 2 nitrogen and oxygen atoms in total. The summed E-state index contributed by atoms with van der Waals surface area (Å²) in [5.41, 5.74) is 1.30. The van der Waals surface area contributed by atoms with Gasteiger partial charge in [0.05, 0.1) is 6.73 Å². The number of hydrogen-bond donors (Lipinski definition) is 1. The highest BCUT2D eigenvalue weighted by Gasteiger charge is 1.91. The summed E-state index contributed by atoms with van der Waals surface area (Å²) in [5.74, 6) is 0. The fourth-order valence-corrected chi connectivity index (χ4v) is 1.57. The molecule has 0 radical (unpaired) electrons. The van der Waals surface area contributed by atoms with Gasteiger partial charge in [0.1, 0.15) is 0 Å². The summed E-state index contributed by atoms with van der Waals surface area (Å²) < 4.78 is 5.49. The molecular formula is C14H23NO. The van der Waals surface area contributed by atoms with Crippen molar-refractivity contribution in [3.63, 3.8) is 0 Å². The summed E-state index contributed by atoms with van der Waals surface area (Å²) >= 11 is 0. The second kappa shape index (κ2) is 9.37. The van der Waals surface area contributed by atoms with Crippen molar-refractivity contribution >= 4 is 0 Å². The fourth-order valence-electron chi connectivity index (χ4n) is 1.57. The van der Waals surface area contributed by atoms with Crippen LogP contribution in [0.3, 0.4) is 0 Å². The lowest BCUT2D eigenvalue weighted by Crippen LogP contribution is -2.17. The van der Waals surface area contributed by atoms with E-state index in [9.17, 15) is 0 Å². The Labute approximate surface area is 99.0 Å². The third-order valence-electron chi connectivity index (χ3n) is 2.52. The monoisotopic (exact) mass is 221 g/mol. The molecule has 0 unspecified atom stereocenters. The summed E-state index contributed by atoms with van der Waals surface area (Å²) in [7, 11) is 0. The SMILES string of the molecule is CCCCCCOCNCc1ccccc1. The van der Waals surface area contributed by atoms with E-state index in [4.69, 9.17) is 4.74 Å². The molecule has 0 aliphatic carbocycles. The molecule has 1 aromatic rings. The Balaban J connectivity index is 1.89. The highest BCUT2D eigenvalue weighted by atomic mass is 16.5. The van der Waals surface area contributed by atoms with Gasteiger partial charge < -0.3 is 4.74 Å². The van der Waals surface area contributed by atoms with Gasteiger partial charge in [0.25, 0.3) is 0 Å². The molecule has 0 saturated heterocycles. The van der Waals surface area contributed by atoms with Gasteiger partial charge in [-0.05, 0) is 12.0 Å². The number of hydrogen-bond acceptors (Lipinski definition) is 2. The molecule has 0 spiro atoms. The third kappa shape index (κ3) is 6.59. The van der Waals surface area contributed by atoms with Crippen molar-refractivity contribution in [1.82, 2.24) is 5.32 Å². The van der Waals surface area contributed by atoms with Gasteiger partial charge in [-0.1, -0.05) is 56.5 Å². The predicted octanol–water partition coefficient (Wildman–Crippen LogP) is 3.33. The van der Waals surface area contributed by atoms with Crippen molar-refractivity contribution in [2.75, 3.05) is 13.3 Å². The van der Waals surface area contributed by atoms with E-state index < -0.39 is 0 Å². The molecule has 0 aliphatic rings. The van der Waals surface area contributed by atoms with Crippen LogP contribution in [-0.4, -0.2) is 13.3 Å². The summed E-state index contributed by atoms with van der Waals surface area (Å²) in [6, 6.07) is 10.4. The lowest BCUT2D eigenvalue weighted by molar-refractivity contribution is 0.112. The minimum absolute atomic E-state index is 0.654.